The molecule has 0 saturated carbocycles. The zero-order valence-corrected chi connectivity index (χ0v) is 6.55. The van der Waals surface area contributed by atoms with Gasteiger partial charge in [-0.2, -0.15) is 10.1 Å². The van der Waals surface area contributed by atoms with Gasteiger partial charge in [0.1, 0.15) is 0 Å². The Bertz CT molecular complexity index is 394. The number of H-pyrrole nitrogens is 1. The summed E-state index contributed by atoms with van der Waals surface area (Å²) in [5.41, 5.74) is 1.52. The highest BCUT2D eigenvalue weighted by Crippen LogP contribution is 2.13. The zero-order valence-electron chi connectivity index (χ0n) is 5.80. The number of aromatic nitrogens is 4. The van der Waals surface area contributed by atoms with Crippen LogP contribution in [0.25, 0.3) is 11.0 Å². The summed E-state index contributed by atoms with van der Waals surface area (Å²) in [6.07, 6.45) is 1.68. The van der Waals surface area contributed by atoms with Crippen molar-refractivity contribution in [1.82, 2.24) is 20.2 Å². The molecular formula is C6H5ClN4. The average molecular weight is 169 g/mol. The van der Waals surface area contributed by atoms with Gasteiger partial charge in [0.25, 0.3) is 0 Å². The standard InChI is InChI=1S/C6H5ClN4/c1-3-4-2-8-11-5(4)10-6(7)9-3/h2H,1H3,(H,8,9,10,11). The third-order valence-corrected chi connectivity index (χ3v) is 1.64. The normalized spacial score (nSPS) is 10.7. The molecule has 0 fully saturated rings. The van der Waals surface area contributed by atoms with Crippen molar-refractivity contribution >= 4 is 22.6 Å². The van der Waals surface area contributed by atoms with Gasteiger partial charge in [-0.1, -0.05) is 0 Å². The molecule has 2 heterocycles. The minimum absolute atomic E-state index is 0.249. The largest absolute Gasteiger partial charge is 0.261 e. The molecule has 0 bridgehead atoms. The van der Waals surface area contributed by atoms with Crippen molar-refractivity contribution in [3.8, 4) is 0 Å². The van der Waals surface area contributed by atoms with Gasteiger partial charge in [0.15, 0.2) is 5.65 Å². The van der Waals surface area contributed by atoms with Gasteiger partial charge >= 0.3 is 0 Å². The fourth-order valence-electron chi connectivity index (χ4n) is 0.945. The van der Waals surface area contributed by atoms with E-state index in [1.165, 1.54) is 0 Å². The number of aryl methyl sites for hydroxylation is 1. The number of rotatable bonds is 0. The summed E-state index contributed by atoms with van der Waals surface area (Å²) in [4.78, 5) is 7.90. The van der Waals surface area contributed by atoms with Crippen molar-refractivity contribution in [2.75, 3.05) is 0 Å². The van der Waals surface area contributed by atoms with Crippen molar-refractivity contribution < 1.29 is 0 Å². The number of halogens is 1. The average Bonchev–Trinajstić information content (AvgIpc) is 2.34. The predicted octanol–water partition coefficient (Wildman–Crippen LogP) is 1.31. The number of nitrogens with one attached hydrogen (secondary N) is 1. The van der Waals surface area contributed by atoms with Crippen LogP contribution in [0, 0.1) is 6.92 Å². The number of nitrogens with zero attached hydrogens (tertiary/aromatic N) is 3. The molecule has 0 aliphatic carbocycles. The van der Waals surface area contributed by atoms with Crippen molar-refractivity contribution in [2.45, 2.75) is 6.92 Å². The first kappa shape index (κ1) is 6.54. The Morgan fingerprint density at radius 1 is 1.45 bits per heavy atom. The number of aromatic amines is 1. The molecule has 2 aromatic heterocycles. The van der Waals surface area contributed by atoms with Gasteiger partial charge in [-0.25, -0.2) is 4.98 Å². The van der Waals surface area contributed by atoms with Crippen molar-refractivity contribution in [2.24, 2.45) is 0 Å². The summed E-state index contributed by atoms with van der Waals surface area (Å²) >= 11 is 5.61. The van der Waals surface area contributed by atoms with Gasteiger partial charge < -0.3 is 0 Å². The molecule has 0 unspecified atom stereocenters. The quantitative estimate of drug-likeness (QED) is 0.604. The molecular weight excluding hydrogens is 164 g/mol. The third-order valence-electron chi connectivity index (χ3n) is 1.47. The highest BCUT2D eigenvalue weighted by molar-refractivity contribution is 6.28. The Hall–Kier alpha value is -1.16. The van der Waals surface area contributed by atoms with Gasteiger partial charge in [-0.05, 0) is 18.5 Å². The van der Waals surface area contributed by atoms with Crippen LogP contribution >= 0.6 is 11.6 Å². The Balaban J connectivity index is 2.91. The van der Waals surface area contributed by atoms with Crippen LogP contribution in [0.4, 0.5) is 0 Å². The van der Waals surface area contributed by atoms with Crippen LogP contribution in [0.2, 0.25) is 5.28 Å². The lowest BCUT2D eigenvalue weighted by Gasteiger charge is -1.92. The first-order valence-electron chi connectivity index (χ1n) is 3.10. The smallest absolute Gasteiger partial charge is 0.224 e. The molecule has 11 heavy (non-hydrogen) atoms. The van der Waals surface area contributed by atoms with E-state index in [0.717, 1.165) is 11.1 Å². The van der Waals surface area contributed by atoms with Crippen molar-refractivity contribution in [3.63, 3.8) is 0 Å². The lowest BCUT2D eigenvalue weighted by atomic mass is 10.3. The second kappa shape index (κ2) is 2.17. The highest BCUT2D eigenvalue weighted by Gasteiger charge is 2.02. The van der Waals surface area contributed by atoms with E-state index in [1.807, 2.05) is 6.92 Å². The van der Waals surface area contributed by atoms with Crippen LogP contribution in [0.1, 0.15) is 5.69 Å². The minimum atomic E-state index is 0.249. The molecule has 0 atom stereocenters. The second-order valence-electron chi connectivity index (χ2n) is 2.21. The molecule has 0 aliphatic rings. The van der Waals surface area contributed by atoms with Crippen LogP contribution in [-0.4, -0.2) is 20.2 Å². The summed E-state index contributed by atoms with van der Waals surface area (Å²) in [7, 11) is 0. The zero-order chi connectivity index (χ0) is 7.84. The number of fused-ring (bicyclic) bond motifs is 1. The molecule has 56 valence electrons. The highest BCUT2D eigenvalue weighted by atomic mass is 35.5. The third kappa shape index (κ3) is 0.952. The van der Waals surface area contributed by atoms with E-state index in [4.69, 9.17) is 11.6 Å². The molecule has 0 aliphatic heterocycles. The molecule has 0 saturated heterocycles. The Morgan fingerprint density at radius 2 is 2.27 bits per heavy atom. The molecule has 4 nitrogen and oxygen atoms in total. The van der Waals surface area contributed by atoms with Crippen molar-refractivity contribution in [1.29, 1.82) is 0 Å². The van der Waals surface area contributed by atoms with Crippen LogP contribution in [0.3, 0.4) is 0 Å². The molecule has 5 heteroatoms. The number of hydrogen-bond donors (Lipinski definition) is 1. The first-order chi connectivity index (χ1) is 5.27. The molecule has 0 radical (unpaired) electrons. The fourth-order valence-corrected chi connectivity index (χ4v) is 1.16. The number of hydrogen-bond acceptors (Lipinski definition) is 3. The Labute approximate surface area is 67.6 Å². The van der Waals surface area contributed by atoms with E-state index in [2.05, 4.69) is 20.2 Å². The van der Waals surface area contributed by atoms with Crippen LogP contribution in [-0.2, 0) is 0 Å². The fraction of sp³-hybridized carbons (Fsp3) is 0.167. The van der Waals surface area contributed by atoms with Gasteiger partial charge in [-0.15, -0.1) is 0 Å². The summed E-state index contributed by atoms with van der Waals surface area (Å²) in [6.45, 7) is 1.87. The van der Waals surface area contributed by atoms with Gasteiger partial charge in [0.2, 0.25) is 5.28 Å². The molecule has 0 aromatic carbocycles. The minimum Gasteiger partial charge on any atom is -0.261 e. The summed E-state index contributed by atoms with van der Waals surface area (Å²) in [6, 6.07) is 0. The SMILES string of the molecule is Cc1nc(Cl)nc2[nH]ncc12. The van der Waals surface area contributed by atoms with Gasteiger partial charge in [0.05, 0.1) is 17.3 Å². The maximum atomic E-state index is 5.61. The maximum absolute atomic E-state index is 5.61. The summed E-state index contributed by atoms with van der Waals surface area (Å²) < 4.78 is 0. The van der Waals surface area contributed by atoms with Crippen molar-refractivity contribution in [3.05, 3.63) is 17.2 Å². The van der Waals surface area contributed by atoms with E-state index in [-0.39, 0.29) is 5.28 Å². The molecule has 0 amide bonds. The molecule has 1 N–H and O–H groups in total. The van der Waals surface area contributed by atoms with E-state index in [0.29, 0.717) is 5.65 Å². The lowest BCUT2D eigenvalue weighted by Crippen LogP contribution is -1.87. The molecule has 2 aromatic rings. The van der Waals surface area contributed by atoms with Crippen LogP contribution < -0.4 is 0 Å². The first-order valence-corrected chi connectivity index (χ1v) is 3.48. The Kier molecular flexibility index (Phi) is 1.29. The van der Waals surface area contributed by atoms with Crippen LogP contribution in [0.15, 0.2) is 6.20 Å². The van der Waals surface area contributed by atoms with E-state index >= 15 is 0 Å². The van der Waals surface area contributed by atoms with E-state index in [9.17, 15) is 0 Å². The monoisotopic (exact) mass is 168 g/mol. The summed E-state index contributed by atoms with van der Waals surface area (Å²) in [5.74, 6) is 0. The van der Waals surface area contributed by atoms with Crippen LogP contribution in [0.5, 0.6) is 0 Å². The predicted molar refractivity (Wildman–Crippen MR) is 41.4 cm³/mol. The van der Waals surface area contributed by atoms with E-state index < -0.39 is 0 Å². The maximum Gasteiger partial charge on any atom is 0.224 e. The van der Waals surface area contributed by atoms with Gasteiger partial charge in [-0.3, -0.25) is 5.10 Å². The van der Waals surface area contributed by atoms with E-state index in [1.54, 1.807) is 6.20 Å². The topological polar surface area (TPSA) is 54.5 Å². The Morgan fingerprint density at radius 3 is 3.09 bits per heavy atom. The lowest BCUT2D eigenvalue weighted by molar-refractivity contribution is 1.08. The van der Waals surface area contributed by atoms with Gasteiger partial charge in [0, 0.05) is 0 Å². The molecule has 2 rings (SSSR count). The molecule has 0 spiro atoms. The summed E-state index contributed by atoms with van der Waals surface area (Å²) in [5, 5.41) is 7.69. The second-order valence-corrected chi connectivity index (χ2v) is 2.55.